The topological polar surface area (TPSA) is 102 Å². The summed E-state index contributed by atoms with van der Waals surface area (Å²) in [6.07, 6.45) is -0.409. The lowest BCUT2D eigenvalue weighted by Crippen LogP contribution is -2.24. The Labute approximate surface area is 106 Å². The summed E-state index contributed by atoms with van der Waals surface area (Å²) in [5.41, 5.74) is 0. The molecular weight excluding hydrogens is 244 g/mol. The fourth-order valence-electron chi connectivity index (χ4n) is 1.09. The molecule has 0 heterocycles. The first-order chi connectivity index (χ1) is 8.57. The smallest absolute Gasteiger partial charge is 0.332 e. The minimum Gasteiger partial charge on any atom is -0.481 e. The van der Waals surface area contributed by atoms with Crippen molar-refractivity contribution >= 4 is 11.9 Å². The van der Waals surface area contributed by atoms with Crippen LogP contribution in [-0.4, -0.2) is 61.3 Å². The van der Waals surface area contributed by atoms with Gasteiger partial charge < -0.3 is 24.4 Å². The van der Waals surface area contributed by atoms with Crippen LogP contribution in [0, 0.1) is 0 Å². The number of ether oxygens (including phenoxy) is 3. The van der Waals surface area contributed by atoms with Gasteiger partial charge in [0.15, 0.2) is 6.10 Å². The van der Waals surface area contributed by atoms with Crippen molar-refractivity contribution in [2.75, 3.05) is 33.0 Å². The lowest BCUT2D eigenvalue weighted by atomic mass is 10.3. The summed E-state index contributed by atoms with van der Waals surface area (Å²) in [6.45, 7) is 3.02. The molecule has 18 heavy (non-hydrogen) atoms. The SMILES string of the molecule is CCC(OCCOCCOCCC(=O)O)C(=O)O. The molecule has 7 nitrogen and oxygen atoms in total. The first-order valence-electron chi connectivity index (χ1n) is 5.79. The molecule has 2 N–H and O–H groups in total. The summed E-state index contributed by atoms with van der Waals surface area (Å²) >= 11 is 0. The van der Waals surface area contributed by atoms with Gasteiger partial charge in [0.05, 0.1) is 39.5 Å². The average Bonchev–Trinajstić information content (AvgIpc) is 2.31. The second-order valence-corrected chi connectivity index (χ2v) is 3.47. The summed E-state index contributed by atoms with van der Waals surface area (Å²) in [7, 11) is 0. The van der Waals surface area contributed by atoms with E-state index >= 15 is 0 Å². The van der Waals surface area contributed by atoms with Crippen LogP contribution in [0.2, 0.25) is 0 Å². The van der Waals surface area contributed by atoms with E-state index in [1.54, 1.807) is 6.92 Å². The number of rotatable bonds is 12. The normalized spacial score (nSPS) is 12.3. The van der Waals surface area contributed by atoms with Gasteiger partial charge in [0.1, 0.15) is 0 Å². The molecule has 0 amide bonds. The predicted molar refractivity (Wildman–Crippen MR) is 61.6 cm³/mol. The lowest BCUT2D eigenvalue weighted by molar-refractivity contribution is -0.151. The zero-order valence-electron chi connectivity index (χ0n) is 10.5. The third-order valence-electron chi connectivity index (χ3n) is 2.03. The van der Waals surface area contributed by atoms with Gasteiger partial charge in [-0.1, -0.05) is 6.92 Å². The van der Waals surface area contributed by atoms with Gasteiger partial charge >= 0.3 is 11.9 Å². The number of carboxylic acids is 2. The average molecular weight is 264 g/mol. The van der Waals surface area contributed by atoms with Crippen LogP contribution in [0.25, 0.3) is 0 Å². The molecule has 0 saturated heterocycles. The Bertz CT molecular complexity index is 242. The maximum Gasteiger partial charge on any atom is 0.332 e. The summed E-state index contributed by atoms with van der Waals surface area (Å²) in [4.78, 5) is 20.7. The lowest BCUT2D eigenvalue weighted by Gasteiger charge is -2.11. The molecule has 0 aliphatic rings. The van der Waals surface area contributed by atoms with Crippen molar-refractivity contribution in [2.45, 2.75) is 25.9 Å². The van der Waals surface area contributed by atoms with Gasteiger partial charge in [0.2, 0.25) is 0 Å². The van der Waals surface area contributed by atoms with Crippen molar-refractivity contribution in [1.29, 1.82) is 0 Å². The minimum absolute atomic E-state index is 0.0279. The largest absolute Gasteiger partial charge is 0.481 e. The quantitative estimate of drug-likeness (QED) is 0.491. The van der Waals surface area contributed by atoms with Gasteiger partial charge in [-0.2, -0.15) is 0 Å². The summed E-state index contributed by atoms with van der Waals surface area (Å²) < 4.78 is 15.2. The van der Waals surface area contributed by atoms with Crippen molar-refractivity contribution in [2.24, 2.45) is 0 Å². The van der Waals surface area contributed by atoms with Crippen molar-refractivity contribution in [1.82, 2.24) is 0 Å². The molecule has 0 aliphatic carbocycles. The van der Waals surface area contributed by atoms with E-state index in [0.29, 0.717) is 19.6 Å². The maximum atomic E-state index is 10.6. The van der Waals surface area contributed by atoms with Crippen molar-refractivity contribution < 1.29 is 34.0 Å². The van der Waals surface area contributed by atoms with Crippen LogP contribution in [0.15, 0.2) is 0 Å². The highest BCUT2D eigenvalue weighted by Gasteiger charge is 2.14. The fourth-order valence-corrected chi connectivity index (χ4v) is 1.09. The van der Waals surface area contributed by atoms with Crippen molar-refractivity contribution in [3.05, 3.63) is 0 Å². The van der Waals surface area contributed by atoms with Gasteiger partial charge in [-0.3, -0.25) is 4.79 Å². The Morgan fingerprint density at radius 2 is 1.56 bits per heavy atom. The molecule has 0 rings (SSSR count). The van der Waals surface area contributed by atoms with E-state index in [1.807, 2.05) is 0 Å². The van der Waals surface area contributed by atoms with E-state index in [-0.39, 0.29) is 26.2 Å². The van der Waals surface area contributed by atoms with Gasteiger partial charge in [0, 0.05) is 0 Å². The van der Waals surface area contributed by atoms with E-state index in [0.717, 1.165) is 0 Å². The molecule has 1 unspecified atom stereocenters. The van der Waals surface area contributed by atoms with Crippen molar-refractivity contribution in [3.63, 3.8) is 0 Å². The highest BCUT2D eigenvalue weighted by Crippen LogP contribution is 1.97. The van der Waals surface area contributed by atoms with E-state index in [2.05, 4.69) is 0 Å². The van der Waals surface area contributed by atoms with E-state index < -0.39 is 18.0 Å². The van der Waals surface area contributed by atoms with E-state index in [4.69, 9.17) is 24.4 Å². The Morgan fingerprint density at radius 3 is 2.06 bits per heavy atom. The first-order valence-corrected chi connectivity index (χ1v) is 5.79. The second kappa shape index (κ2) is 10.9. The molecule has 7 heteroatoms. The molecule has 0 saturated carbocycles. The Hall–Kier alpha value is -1.18. The zero-order chi connectivity index (χ0) is 13.8. The Morgan fingerprint density at radius 1 is 1.00 bits per heavy atom. The third kappa shape index (κ3) is 10.0. The predicted octanol–water partition coefficient (Wildman–Crippen LogP) is 0.374. The molecule has 0 radical (unpaired) electrons. The first kappa shape index (κ1) is 16.8. The third-order valence-corrected chi connectivity index (χ3v) is 2.03. The monoisotopic (exact) mass is 264 g/mol. The number of carboxylic acid groups (broad SMARTS) is 2. The maximum absolute atomic E-state index is 10.6. The van der Waals surface area contributed by atoms with Gasteiger partial charge in [-0.15, -0.1) is 0 Å². The van der Waals surface area contributed by atoms with Crippen LogP contribution in [0.1, 0.15) is 19.8 Å². The van der Waals surface area contributed by atoms with Gasteiger partial charge in [-0.25, -0.2) is 4.79 Å². The summed E-state index contributed by atoms with van der Waals surface area (Å²) in [6, 6.07) is 0. The molecule has 106 valence electrons. The second-order valence-electron chi connectivity index (χ2n) is 3.47. The van der Waals surface area contributed by atoms with Crippen LogP contribution >= 0.6 is 0 Å². The number of carbonyl (C=O) groups is 2. The van der Waals surface area contributed by atoms with Gasteiger partial charge in [0.25, 0.3) is 0 Å². The highest BCUT2D eigenvalue weighted by atomic mass is 16.6. The summed E-state index contributed by atoms with van der Waals surface area (Å²) in [5, 5.41) is 17.0. The van der Waals surface area contributed by atoms with E-state index in [1.165, 1.54) is 0 Å². The highest BCUT2D eigenvalue weighted by molar-refractivity contribution is 5.72. The number of hydrogen-bond acceptors (Lipinski definition) is 5. The minimum atomic E-state index is -0.977. The Balaban J connectivity index is 3.25. The van der Waals surface area contributed by atoms with E-state index in [9.17, 15) is 9.59 Å². The van der Waals surface area contributed by atoms with Gasteiger partial charge in [-0.05, 0) is 6.42 Å². The molecule has 0 spiro atoms. The molecule has 1 atom stereocenters. The van der Waals surface area contributed by atoms with Crippen LogP contribution in [0.3, 0.4) is 0 Å². The fraction of sp³-hybridized carbons (Fsp3) is 0.818. The summed E-state index contributed by atoms with van der Waals surface area (Å²) in [5.74, 6) is -1.88. The van der Waals surface area contributed by atoms with Crippen LogP contribution in [-0.2, 0) is 23.8 Å². The van der Waals surface area contributed by atoms with Crippen molar-refractivity contribution in [3.8, 4) is 0 Å². The molecule has 0 aromatic heterocycles. The molecule has 0 aromatic rings. The molecule has 0 aliphatic heterocycles. The number of aliphatic carboxylic acids is 2. The van der Waals surface area contributed by atoms with Crippen LogP contribution in [0.5, 0.6) is 0 Å². The molecule has 0 aromatic carbocycles. The van der Waals surface area contributed by atoms with Crippen LogP contribution < -0.4 is 0 Å². The Kier molecular flexibility index (Phi) is 10.2. The zero-order valence-corrected chi connectivity index (χ0v) is 10.5. The molecule has 0 fully saturated rings. The number of hydrogen-bond donors (Lipinski definition) is 2. The standard InChI is InChI=1S/C11H20O7/c1-2-9(11(14)15)18-8-7-17-6-5-16-4-3-10(12)13/h9H,2-8H2,1H3,(H,12,13)(H,14,15). The molecular formula is C11H20O7. The van der Waals surface area contributed by atoms with Crippen LogP contribution in [0.4, 0.5) is 0 Å². The molecule has 0 bridgehead atoms.